The molecule has 4 saturated carbocycles. The zero-order valence-electron chi connectivity index (χ0n) is 35.3. The molecule has 0 saturated heterocycles. The molecule has 7 aromatic carbocycles. The van der Waals surface area contributed by atoms with Crippen molar-refractivity contribution in [1.82, 2.24) is 29.9 Å². The van der Waals surface area contributed by atoms with Gasteiger partial charge in [0, 0.05) is 38.8 Å². The van der Waals surface area contributed by atoms with E-state index in [0.717, 1.165) is 45.2 Å². The van der Waals surface area contributed by atoms with Gasteiger partial charge in [-0.15, -0.1) is 0 Å². The maximum atomic E-state index is 5.19. The summed E-state index contributed by atoms with van der Waals surface area (Å²) in [5.74, 6) is 7.00. The van der Waals surface area contributed by atoms with Gasteiger partial charge < -0.3 is 0 Å². The van der Waals surface area contributed by atoms with Crippen molar-refractivity contribution in [3.8, 4) is 90.6 Å². The van der Waals surface area contributed by atoms with Crippen molar-refractivity contribution in [1.29, 1.82) is 0 Å². The third-order valence-electron chi connectivity index (χ3n) is 14.8. The van der Waals surface area contributed by atoms with Crippen LogP contribution in [0, 0.1) is 23.7 Å². The topological polar surface area (TPSA) is 77.3 Å². The van der Waals surface area contributed by atoms with E-state index in [0.29, 0.717) is 46.8 Å². The lowest BCUT2D eigenvalue weighted by atomic mass is 9.43. The minimum atomic E-state index is 0.00260. The minimum absolute atomic E-state index is 0.00260. The smallest absolute Gasteiger partial charge is 0.164 e. The van der Waals surface area contributed by atoms with Crippen molar-refractivity contribution < 1.29 is 0 Å². The van der Waals surface area contributed by atoms with Crippen molar-refractivity contribution in [3.63, 3.8) is 0 Å². The van der Waals surface area contributed by atoms with Crippen molar-refractivity contribution in [3.05, 3.63) is 193 Å². The van der Waals surface area contributed by atoms with Gasteiger partial charge in [0.1, 0.15) is 0 Å². The molecule has 306 valence electrons. The Bertz CT molecular complexity index is 3060. The number of aromatic nitrogens is 6. The average molecular weight is 825 g/mol. The molecule has 0 unspecified atom stereocenters. The molecule has 0 amide bonds. The molecule has 4 fully saturated rings. The molecule has 14 rings (SSSR count). The largest absolute Gasteiger partial charge is 0.208 e. The molecule has 2 aromatic heterocycles. The van der Waals surface area contributed by atoms with E-state index in [2.05, 4.69) is 109 Å². The Labute approximate surface area is 373 Å². The molecule has 6 heteroatoms. The lowest BCUT2D eigenvalue weighted by Crippen LogP contribution is -2.55. The molecule has 0 aliphatic heterocycles. The summed E-state index contributed by atoms with van der Waals surface area (Å²) in [6.07, 6.45) is 6.71. The average Bonchev–Trinajstić information content (AvgIpc) is 3.66. The predicted octanol–water partition coefficient (Wildman–Crippen LogP) is 13.4. The molecule has 6 nitrogen and oxygen atoms in total. The van der Waals surface area contributed by atoms with Crippen molar-refractivity contribution in [2.45, 2.75) is 37.5 Å². The van der Waals surface area contributed by atoms with Gasteiger partial charge in [0.05, 0.1) is 0 Å². The summed E-state index contributed by atoms with van der Waals surface area (Å²) in [6.45, 7) is 0. The molecule has 0 atom stereocenters. The first-order chi connectivity index (χ1) is 31.7. The van der Waals surface area contributed by atoms with Crippen LogP contribution in [0.1, 0.15) is 43.2 Å². The molecular weight excluding hydrogens is 781 g/mol. The molecule has 9 aromatic rings. The monoisotopic (exact) mass is 824 g/mol. The Morgan fingerprint density at radius 2 is 0.672 bits per heavy atom. The minimum Gasteiger partial charge on any atom is -0.208 e. The van der Waals surface area contributed by atoms with Gasteiger partial charge >= 0.3 is 0 Å². The Morgan fingerprint density at radius 1 is 0.297 bits per heavy atom. The number of fused-ring (bicyclic) bond motifs is 3. The number of hydrogen-bond acceptors (Lipinski definition) is 6. The molecule has 5 aliphatic rings. The fourth-order valence-corrected chi connectivity index (χ4v) is 12.3. The lowest BCUT2D eigenvalue weighted by molar-refractivity contribution is -0.0399. The van der Waals surface area contributed by atoms with Crippen LogP contribution in [0.3, 0.4) is 0 Å². The van der Waals surface area contributed by atoms with E-state index in [4.69, 9.17) is 29.9 Å². The van der Waals surface area contributed by atoms with E-state index in [1.165, 1.54) is 65.5 Å². The van der Waals surface area contributed by atoms with E-state index in [1.54, 1.807) is 0 Å². The summed E-state index contributed by atoms with van der Waals surface area (Å²) in [7, 11) is 0. The van der Waals surface area contributed by atoms with Crippen molar-refractivity contribution in [2.24, 2.45) is 23.7 Å². The number of nitrogens with zero attached hydrogens (tertiary/aromatic N) is 6. The van der Waals surface area contributed by atoms with Gasteiger partial charge in [-0.05, 0) is 95.2 Å². The van der Waals surface area contributed by atoms with E-state index >= 15 is 0 Å². The maximum Gasteiger partial charge on any atom is 0.164 e. The van der Waals surface area contributed by atoms with Gasteiger partial charge in [-0.1, -0.05) is 176 Å². The quantitative estimate of drug-likeness (QED) is 0.159. The molecule has 64 heavy (non-hydrogen) atoms. The Kier molecular flexibility index (Phi) is 8.61. The Balaban J connectivity index is 0.964. The van der Waals surface area contributed by atoms with Crippen LogP contribution in [0.5, 0.6) is 0 Å². The fraction of sp³-hybridized carbons (Fsp3) is 0.172. The summed E-state index contributed by atoms with van der Waals surface area (Å²) in [5.41, 5.74) is 13.9. The Morgan fingerprint density at radius 3 is 1.11 bits per heavy atom. The van der Waals surface area contributed by atoms with Gasteiger partial charge in [-0.2, -0.15) is 0 Å². The molecule has 1 spiro atoms. The fourth-order valence-electron chi connectivity index (χ4n) is 12.3. The SMILES string of the molecule is c1ccc(-c2nc(-c3ccccc3)nc(-c3ccc(-c4cccc5c4-c4cc(-c6nc(-c7ccccc7)nc(-c7ccccc7)n6)ccc4C54C5CC6CC(C5)CC4C6)cc3)n2)cc1. The third kappa shape index (κ3) is 6.00. The molecule has 4 bridgehead atoms. The first-order valence-electron chi connectivity index (χ1n) is 22.8. The van der Waals surface area contributed by atoms with Crippen LogP contribution >= 0.6 is 0 Å². The Hall–Kier alpha value is -7.44. The van der Waals surface area contributed by atoms with Crippen LogP contribution in [0.15, 0.2) is 182 Å². The highest BCUT2D eigenvalue weighted by atomic mass is 15.0. The van der Waals surface area contributed by atoms with Gasteiger partial charge in [0.25, 0.3) is 0 Å². The highest BCUT2D eigenvalue weighted by Gasteiger charge is 2.61. The van der Waals surface area contributed by atoms with E-state index in [-0.39, 0.29) is 5.41 Å². The number of hydrogen-bond donors (Lipinski definition) is 0. The van der Waals surface area contributed by atoms with E-state index in [1.807, 2.05) is 72.8 Å². The van der Waals surface area contributed by atoms with Gasteiger partial charge in [0.15, 0.2) is 34.9 Å². The third-order valence-corrected chi connectivity index (χ3v) is 14.8. The maximum absolute atomic E-state index is 5.19. The number of rotatable bonds is 7. The van der Waals surface area contributed by atoms with Crippen LogP contribution in [0.25, 0.3) is 90.6 Å². The summed E-state index contributed by atoms with van der Waals surface area (Å²) >= 11 is 0. The summed E-state index contributed by atoms with van der Waals surface area (Å²) < 4.78 is 0. The van der Waals surface area contributed by atoms with Crippen LogP contribution < -0.4 is 0 Å². The second-order valence-corrected chi connectivity index (χ2v) is 18.3. The van der Waals surface area contributed by atoms with Crippen molar-refractivity contribution >= 4 is 0 Å². The first-order valence-corrected chi connectivity index (χ1v) is 22.8. The van der Waals surface area contributed by atoms with Gasteiger partial charge in [-0.3, -0.25) is 0 Å². The molecule has 2 heterocycles. The zero-order valence-corrected chi connectivity index (χ0v) is 35.3. The molecule has 5 aliphatic carbocycles. The normalized spacial score (nSPS) is 21.2. The van der Waals surface area contributed by atoms with Gasteiger partial charge in [-0.25, -0.2) is 29.9 Å². The molecule has 0 radical (unpaired) electrons. The van der Waals surface area contributed by atoms with Crippen LogP contribution in [0.4, 0.5) is 0 Å². The summed E-state index contributed by atoms with van der Waals surface area (Å²) in [4.78, 5) is 30.4. The van der Waals surface area contributed by atoms with Crippen molar-refractivity contribution in [2.75, 3.05) is 0 Å². The highest BCUT2D eigenvalue weighted by molar-refractivity contribution is 5.95. The second-order valence-electron chi connectivity index (χ2n) is 18.3. The lowest BCUT2D eigenvalue weighted by Gasteiger charge is -2.61. The van der Waals surface area contributed by atoms with Crippen LogP contribution in [-0.2, 0) is 5.41 Å². The second kappa shape index (κ2) is 14.8. The highest BCUT2D eigenvalue weighted by Crippen LogP contribution is 2.70. The standard InChI is InChI=1S/C58H44N6/c1-5-14-39(15-6-1)52-59-53(40-16-7-2-8-17-40)62-56(61-52)43-26-24-38(25-27-43)47-22-13-23-50-51(47)48-35-44(28-29-49(48)58(50)45-31-36-30-37(33-45)34-46(58)32-36)57-63-54(41-18-9-3-10-19-41)60-55(64-57)42-20-11-4-12-21-42/h1-29,35-37,45-46H,30-34H2. The first kappa shape index (κ1) is 37.1. The predicted molar refractivity (Wildman–Crippen MR) is 255 cm³/mol. The molecular formula is C58H44N6. The van der Waals surface area contributed by atoms with Gasteiger partial charge in [0.2, 0.25) is 0 Å². The molecule has 0 N–H and O–H groups in total. The summed E-state index contributed by atoms with van der Waals surface area (Å²) in [5, 5.41) is 0. The van der Waals surface area contributed by atoms with Crippen LogP contribution in [-0.4, -0.2) is 29.9 Å². The van der Waals surface area contributed by atoms with E-state index < -0.39 is 0 Å². The van der Waals surface area contributed by atoms with E-state index in [9.17, 15) is 0 Å². The zero-order chi connectivity index (χ0) is 42.2. The number of benzene rings is 7. The van der Waals surface area contributed by atoms with Crippen LogP contribution in [0.2, 0.25) is 0 Å². The summed E-state index contributed by atoms with van der Waals surface area (Å²) in [6, 6.07) is 64.0.